The number of furan rings is 1. The lowest BCUT2D eigenvalue weighted by Crippen LogP contribution is -2.25. The number of hydrogen-bond acceptors (Lipinski definition) is 4. The summed E-state index contributed by atoms with van der Waals surface area (Å²) < 4.78 is 32.0. The van der Waals surface area contributed by atoms with Gasteiger partial charge in [0.05, 0.1) is 12.3 Å². The lowest BCUT2D eigenvalue weighted by molar-refractivity contribution is 0.475. The summed E-state index contributed by atoms with van der Waals surface area (Å²) in [6.45, 7) is 2.29. The minimum Gasteiger partial charge on any atom is -0.465 e. The smallest absolute Gasteiger partial charge is 0.216 e. The predicted octanol–water partition coefficient (Wildman–Crippen LogP) is 1.67. The van der Waals surface area contributed by atoms with Crippen LogP contribution in [0.2, 0.25) is 0 Å². The first-order valence-electron chi connectivity index (χ1n) is 6.29. The largest absolute Gasteiger partial charge is 0.465 e. The van der Waals surface area contributed by atoms with Gasteiger partial charge in [-0.05, 0) is 30.2 Å². The van der Waals surface area contributed by atoms with Gasteiger partial charge in [-0.2, -0.15) is 0 Å². The Labute approximate surface area is 118 Å². The van der Waals surface area contributed by atoms with E-state index in [-0.39, 0.29) is 12.3 Å². The molecule has 20 heavy (non-hydrogen) atoms. The number of nitrogens with one attached hydrogen (secondary N) is 1. The zero-order valence-electron chi connectivity index (χ0n) is 11.3. The number of benzene rings is 1. The minimum atomic E-state index is -3.42. The molecule has 0 unspecified atom stereocenters. The van der Waals surface area contributed by atoms with Gasteiger partial charge in [-0.3, -0.25) is 0 Å². The van der Waals surface area contributed by atoms with Gasteiger partial charge in [-0.1, -0.05) is 24.3 Å². The van der Waals surface area contributed by atoms with Crippen LogP contribution in [-0.2, 0) is 28.9 Å². The number of aryl methyl sites for hydroxylation is 1. The molecule has 0 saturated heterocycles. The number of rotatable bonds is 6. The van der Waals surface area contributed by atoms with Gasteiger partial charge < -0.3 is 10.2 Å². The molecule has 6 heteroatoms. The molecule has 3 N–H and O–H groups in total. The van der Waals surface area contributed by atoms with E-state index in [1.54, 1.807) is 24.3 Å². The highest BCUT2D eigenvalue weighted by atomic mass is 32.2. The summed E-state index contributed by atoms with van der Waals surface area (Å²) in [5.74, 6) is 1.27. The van der Waals surface area contributed by atoms with Crippen LogP contribution in [0.15, 0.2) is 40.8 Å². The zero-order valence-corrected chi connectivity index (χ0v) is 12.1. The molecular weight excluding hydrogens is 276 g/mol. The summed E-state index contributed by atoms with van der Waals surface area (Å²) in [7, 11) is -3.42. The molecule has 2 rings (SSSR count). The summed E-state index contributed by atoms with van der Waals surface area (Å²) in [4.78, 5) is 0. The van der Waals surface area contributed by atoms with Crippen LogP contribution in [0.3, 0.4) is 0 Å². The molecule has 0 atom stereocenters. The molecule has 108 valence electrons. The van der Waals surface area contributed by atoms with Gasteiger partial charge in [-0.15, -0.1) is 0 Å². The molecule has 0 aliphatic heterocycles. The second-order valence-electron chi connectivity index (χ2n) is 4.57. The monoisotopic (exact) mass is 294 g/mol. The lowest BCUT2D eigenvalue weighted by Gasteiger charge is -2.09. The van der Waals surface area contributed by atoms with Gasteiger partial charge in [0.1, 0.15) is 11.5 Å². The number of nitrogens with two attached hydrogens (primary N) is 1. The van der Waals surface area contributed by atoms with E-state index in [0.717, 1.165) is 16.9 Å². The van der Waals surface area contributed by atoms with Crippen molar-refractivity contribution < 1.29 is 12.8 Å². The normalized spacial score (nSPS) is 11.7. The molecule has 0 fully saturated rings. The Morgan fingerprint density at radius 1 is 1.15 bits per heavy atom. The molecule has 2 aromatic rings. The lowest BCUT2D eigenvalue weighted by atomic mass is 10.1. The molecule has 0 spiro atoms. The molecule has 0 aliphatic rings. The van der Waals surface area contributed by atoms with Crippen LogP contribution in [0.4, 0.5) is 0 Å². The predicted molar refractivity (Wildman–Crippen MR) is 77.2 cm³/mol. The van der Waals surface area contributed by atoms with Crippen molar-refractivity contribution in [3.63, 3.8) is 0 Å². The van der Waals surface area contributed by atoms with E-state index in [1.807, 2.05) is 19.1 Å². The van der Waals surface area contributed by atoms with Crippen LogP contribution >= 0.6 is 0 Å². The Morgan fingerprint density at radius 3 is 2.45 bits per heavy atom. The Hall–Kier alpha value is -1.63. The fourth-order valence-electron chi connectivity index (χ4n) is 1.91. The molecule has 5 nitrogen and oxygen atoms in total. The van der Waals surface area contributed by atoms with Crippen molar-refractivity contribution in [1.82, 2.24) is 4.72 Å². The first-order valence-corrected chi connectivity index (χ1v) is 7.95. The van der Waals surface area contributed by atoms with Crippen molar-refractivity contribution in [2.45, 2.75) is 25.8 Å². The van der Waals surface area contributed by atoms with E-state index in [1.165, 1.54) is 0 Å². The van der Waals surface area contributed by atoms with E-state index in [0.29, 0.717) is 12.3 Å². The summed E-state index contributed by atoms with van der Waals surface area (Å²) in [5.41, 5.74) is 7.17. The van der Waals surface area contributed by atoms with Gasteiger partial charge in [0.2, 0.25) is 10.0 Å². The molecule has 0 radical (unpaired) electrons. The van der Waals surface area contributed by atoms with Crippen molar-refractivity contribution in [3.8, 4) is 0 Å². The number of sulfonamides is 1. The van der Waals surface area contributed by atoms with Gasteiger partial charge in [0.15, 0.2) is 0 Å². The fourth-order valence-corrected chi connectivity index (χ4v) is 3.07. The first-order chi connectivity index (χ1) is 9.50. The highest BCUT2D eigenvalue weighted by Gasteiger charge is 2.14. The molecule has 0 saturated carbocycles. The van der Waals surface area contributed by atoms with Crippen molar-refractivity contribution >= 4 is 10.0 Å². The standard InChI is InChI=1S/C14H18N2O3S/c1-11-6-7-14(19-11)9-16-20(17,18)10-13-5-3-2-4-12(13)8-15/h2-7,16H,8-10,15H2,1H3. The Bertz CT molecular complexity index is 677. The van der Waals surface area contributed by atoms with Crippen LogP contribution in [0, 0.1) is 6.92 Å². The average Bonchev–Trinajstić information content (AvgIpc) is 2.83. The maximum Gasteiger partial charge on any atom is 0.216 e. The Morgan fingerprint density at radius 2 is 1.85 bits per heavy atom. The second kappa shape index (κ2) is 6.21. The highest BCUT2D eigenvalue weighted by Crippen LogP contribution is 2.12. The maximum atomic E-state index is 12.1. The van der Waals surface area contributed by atoms with Gasteiger partial charge >= 0.3 is 0 Å². The van der Waals surface area contributed by atoms with Crippen molar-refractivity contribution in [1.29, 1.82) is 0 Å². The van der Waals surface area contributed by atoms with E-state index in [2.05, 4.69) is 4.72 Å². The molecule has 0 amide bonds. The highest BCUT2D eigenvalue weighted by molar-refractivity contribution is 7.88. The molecule has 0 bridgehead atoms. The quantitative estimate of drug-likeness (QED) is 0.848. The van der Waals surface area contributed by atoms with Crippen LogP contribution in [0.5, 0.6) is 0 Å². The zero-order chi connectivity index (χ0) is 14.6. The SMILES string of the molecule is Cc1ccc(CNS(=O)(=O)Cc2ccccc2CN)o1. The topological polar surface area (TPSA) is 85.3 Å². The summed E-state index contributed by atoms with van der Waals surface area (Å²) in [6, 6.07) is 10.8. The average molecular weight is 294 g/mol. The van der Waals surface area contributed by atoms with Gasteiger partial charge in [0.25, 0.3) is 0 Å². The van der Waals surface area contributed by atoms with E-state index in [4.69, 9.17) is 10.2 Å². The second-order valence-corrected chi connectivity index (χ2v) is 6.37. The van der Waals surface area contributed by atoms with Crippen LogP contribution in [0.25, 0.3) is 0 Å². The van der Waals surface area contributed by atoms with Gasteiger partial charge in [0, 0.05) is 6.54 Å². The van der Waals surface area contributed by atoms with E-state index >= 15 is 0 Å². The first kappa shape index (κ1) is 14.8. The van der Waals surface area contributed by atoms with E-state index in [9.17, 15) is 8.42 Å². The molecule has 1 aromatic carbocycles. The van der Waals surface area contributed by atoms with Crippen molar-refractivity contribution in [2.75, 3.05) is 0 Å². The molecule has 1 aromatic heterocycles. The van der Waals surface area contributed by atoms with Crippen LogP contribution in [0.1, 0.15) is 22.6 Å². The summed E-state index contributed by atoms with van der Waals surface area (Å²) >= 11 is 0. The molecule has 0 aliphatic carbocycles. The Kier molecular flexibility index (Phi) is 4.59. The summed E-state index contributed by atoms with van der Waals surface area (Å²) in [6.07, 6.45) is 0. The van der Waals surface area contributed by atoms with Crippen LogP contribution in [-0.4, -0.2) is 8.42 Å². The number of hydrogen-bond donors (Lipinski definition) is 2. The maximum absolute atomic E-state index is 12.1. The van der Waals surface area contributed by atoms with Gasteiger partial charge in [-0.25, -0.2) is 13.1 Å². The van der Waals surface area contributed by atoms with Crippen molar-refractivity contribution in [3.05, 3.63) is 59.0 Å². The third kappa shape index (κ3) is 3.93. The van der Waals surface area contributed by atoms with E-state index < -0.39 is 10.0 Å². The van der Waals surface area contributed by atoms with Crippen molar-refractivity contribution in [2.24, 2.45) is 5.73 Å². The fraction of sp³-hybridized carbons (Fsp3) is 0.286. The molecule has 1 heterocycles. The third-order valence-electron chi connectivity index (χ3n) is 2.95. The minimum absolute atomic E-state index is 0.0833. The van der Waals surface area contributed by atoms with Crippen LogP contribution < -0.4 is 10.5 Å². The molecular formula is C14H18N2O3S. The third-order valence-corrected chi connectivity index (χ3v) is 4.22. The Balaban J connectivity index is 2.03. The summed E-state index contributed by atoms with van der Waals surface area (Å²) in [5, 5.41) is 0.